The SMILES string of the molecule is CC(C)(C)CCN(CCc1c[nH]c2ccccc12)C1CCc2cc(/C=C/C(=O)NO)ccc21. The molecule has 1 aliphatic carbocycles. The quantitative estimate of drug-likeness (QED) is 0.238. The number of H-pyrrole nitrogens is 1. The number of aromatic amines is 1. The maximum Gasteiger partial charge on any atom is 0.267 e. The van der Waals surface area contributed by atoms with Crippen molar-refractivity contribution in [1.82, 2.24) is 15.4 Å². The highest BCUT2D eigenvalue weighted by atomic mass is 16.5. The molecule has 0 spiro atoms. The van der Waals surface area contributed by atoms with Crippen LogP contribution in [0.15, 0.2) is 54.7 Å². The van der Waals surface area contributed by atoms with Crippen LogP contribution in [0.2, 0.25) is 0 Å². The van der Waals surface area contributed by atoms with Crippen LogP contribution in [0, 0.1) is 5.41 Å². The molecule has 1 aliphatic rings. The van der Waals surface area contributed by atoms with Crippen LogP contribution >= 0.6 is 0 Å². The summed E-state index contributed by atoms with van der Waals surface area (Å²) in [7, 11) is 0. The van der Waals surface area contributed by atoms with E-state index >= 15 is 0 Å². The number of nitrogens with one attached hydrogen (secondary N) is 2. The zero-order valence-electron chi connectivity index (χ0n) is 19.9. The van der Waals surface area contributed by atoms with Gasteiger partial charge in [0, 0.05) is 35.8 Å². The van der Waals surface area contributed by atoms with Gasteiger partial charge in [-0.15, -0.1) is 0 Å². The maximum atomic E-state index is 11.3. The molecule has 0 radical (unpaired) electrons. The molecule has 1 aromatic heterocycles. The Morgan fingerprint density at radius 2 is 2.03 bits per heavy atom. The number of para-hydroxylation sites is 1. The first-order valence-electron chi connectivity index (χ1n) is 11.9. The van der Waals surface area contributed by atoms with E-state index in [9.17, 15) is 4.79 Å². The Bertz CT molecular complexity index is 1140. The molecule has 0 saturated heterocycles. The molecule has 0 saturated carbocycles. The van der Waals surface area contributed by atoms with Gasteiger partial charge in [-0.05, 0) is 72.0 Å². The van der Waals surface area contributed by atoms with Crippen molar-refractivity contribution >= 4 is 22.9 Å². The van der Waals surface area contributed by atoms with E-state index in [0.29, 0.717) is 11.5 Å². The number of hydroxylamine groups is 1. The van der Waals surface area contributed by atoms with Gasteiger partial charge in [-0.25, -0.2) is 5.48 Å². The number of nitrogens with zero attached hydrogens (tertiary/aromatic N) is 1. The molecule has 33 heavy (non-hydrogen) atoms. The van der Waals surface area contributed by atoms with Gasteiger partial charge in [-0.1, -0.05) is 57.2 Å². The van der Waals surface area contributed by atoms with Gasteiger partial charge < -0.3 is 4.98 Å². The Labute approximate surface area is 196 Å². The lowest BCUT2D eigenvalue weighted by molar-refractivity contribution is -0.124. The van der Waals surface area contributed by atoms with Gasteiger partial charge in [-0.3, -0.25) is 14.9 Å². The predicted octanol–water partition coefficient (Wildman–Crippen LogP) is 5.65. The summed E-state index contributed by atoms with van der Waals surface area (Å²) < 4.78 is 0. The number of benzene rings is 2. The van der Waals surface area contributed by atoms with Crippen LogP contribution in [-0.2, 0) is 17.6 Å². The van der Waals surface area contributed by atoms with E-state index in [2.05, 4.69) is 79.3 Å². The lowest BCUT2D eigenvalue weighted by Gasteiger charge is -2.32. The molecule has 2 aromatic carbocycles. The number of carbonyl (C=O) groups excluding carboxylic acids is 1. The normalized spacial score (nSPS) is 16.1. The van der Waals surface area contributed by atoms with Crippen LogP contribution in [-0.4, -0.2) is 34.1 Å². The third-order valence-electron chi connectivity index (χ3n) is 6.68. The topological polar surface area (TPSA) is 68.4 Å². The van der Waals surface area contributed by atoms with Gasteiger partial charge in [0.25, 0.3) is 5.91 Å². The van der Waals surface area contributed by atoms with Gasteiger partial charge in [-0.2, -0.15) is 0 Å². The summed E-state index contributed by atoms with van der Waals surface area (Å²) in [6.07, 6.45) is 9.61. The Morgan fingerprint density at radius 3 is 2.82 bits per heavy atom. The van der Waals surface area contributed by atoms with Crippen LogP contribution in [0.3, 0.4) is 0 Å². The second-order valence-electron chi connectivity index (χ2n) is 10.3. The summed E-state index contributed by atoms with van der Waals surface area (Å²) in [6.45, 7) is 9.05. The van der Waals surface area contributed by atoms with Crippen LogP contribution in [0.25, 0.3) is 17.0 Å². The van der Waals surface area contributed by atoms with Crippen LogP contribution < -0.4 is 5.48 Å². The van der Waals surface area contributed by atoms with Crippen molar-refractivity contribution < 1.29 is 10.0 Å². The van der Waals surface area contributed by atoms with E-state index in [1.165, 1.54) is 33.7 Å². The second-order valence-corrected chi connectivity index (χ2v) is 10.3. The number of hydrogen-bond acceptors (Lipinski definition) is 3. The predicted molar refractivity (Wildman–Crippen MR) is 134 cm³/mol. The number of aryl methyl sites for hydroxylation is 1. The van der Waals surface area contributed by atoms with E-state index < -0.39 is 5.91 Å². The number of amides is 1. The standard InChI is InChI=1S/C28H35N3O2/c1-28(2,3)15-17-31(16-14-22-19-29-25-7-5-4-6-23(22)25)26-12-10-21-18-20(8-11-24(21)26)9-13-27(32)30-33/h4-9,11,13,18-19,26,29,33H,10,12,14-17H2,1-3H3,(H,30,32)/b13-9+. The van der Waals surface area contributed by atoms with Gasteiger partial charge in [0.1, 0.15) is 0 Å². The molecule has 3 N–H and O–H groups in total. The minimum absolute atomic E-state index is 0.294. The second kappa shape index (κ2) is 9.94. The fourth-order valence-corrected chi connectivity index (χ4v) is 4.81. The molecule has 4 rings (SSSR count). The van der Waals surface area contributed by atoms with E-state index in [4.69, 9.17) is 5.21 Å². The third-order valence-corrected chi connectivity index (χ3v) is 6.68. The minimum atomic E-state index is -0.515. The molecule has 1 heterocycles. The van der Waals surface area contributed by atoms with Crippen molar-refractivity contribution in [1.29, 1.82) is 0 Å². The Morgan fingerprint density at radius 1 is 1.21 bits per heavy atom. The van der Waals surface area contributed by atoms with Crippen molar-refractivity contribution in [3.63, 3.8) is 0 Å². The maximum absolute atomic E-state index is 11.3. The first kappa shape index (κ1) is 23.3. The fourth-order valence-electron chi connectivity index (χ4n) is 4.81. The summed E-state index contributed by atoms with van der Waals surface area (Å²) in [5, 5.41) is 10.0. The average molecular weight is 446 g/mol. The largest absolute Gasteiger partial charge is 0.361 e. The Hall–Kier alpha value is -2.89. The van der Waals surface area contributed by atoms with Crippen molar-refractivity contribution in [2.24, 2.45) is 5.41 Å². The zero-order valence-corrected chi connectivity index (χ0v) is 19.9. The van der Waals surface area contributed by atoms with Crippen LogP contribution in [0.1, 0.15) is 61.9 Å². The summed E-state index contributed by atoms with van der Waals surface area (Å²) in [4.78, 5) is 17.4. The van der Waals surface area contributed by atoms with E-state index in [-0.39, 0.29) is 0 Å². The van der Waals surface area contributed by atoms with Gasteiger partial charge in [0.2, 0.25) is 0 Å². The summed E-state index contributed by atoms with van der Waals surface area (Å²) >= 11 is 0. The lowest BCUT2D eigenvalue weighted by Crippen LogP contribution is -2.32. The highest BCUT2D eigenvalue weighted by molar-refractivity contribution is 5.90. The highest BCUT2D eigenvalue weighted by Gasteiger charge is 2.28. The molecule has 0 aliphatic heterocycles. The van der Waals surface area contributed by atoms with Crippen LogP contribution in [0.5, 0.6) is 0 Å². The van der Waals surface area contributed by atoms with Crippen molar-refractivity contribution in [2.75, 3.05) is 13.1 Å². The van der Waals surface area contributed by atoms with E-state index in [0.717, 1.165) is 44.3 Å². The van der Waals surface area contributed by atoms with E-state index in [1.807, 2.05) is 0 Å². The summed E-state index contributed by atoms with van der Waals surface area (Å²) in [5.41, 5.74) is 8.27. The van der Waals surface area contributed by atoms with Crippen molar-refractivity contribution in [3.8, 4) is 0 Å². The van der Waals surface area contributed by atoms with Crippen LogP contribution in [0.4, 0.5) is 0 Å². The molecular weight excluding hydrogens is 410 g/mol. The minimum Gasteiger partial charge on any atom is -0.361 e. The monoisotopic (exact) mass is 445 g/mol. The zero-order chi connectivity index (χ0) is 23.4. The fraction of sp³-hybridized carbons (Fsp3) is 0.393. The third kappa shape index (κ3) is 5.73. The molecular formula is C28H35N3O2. The number of rotatable bonds is 8. The summed E-state index contributed by atoms with van der Waals surface area (Å²) in [6, 6.07) is 15.4. The Kier molecular flexibility index (Phi) is 7.01. The molecule has 174 valence electrons. The van der Waals surface area contributed by atoms with E-state index in [1.54, 1.807) is 11.6 Å². The summed E-state index contributed by atoms with van der Waals surface area (Å²) in [5.74, 6) is -0.515. The van der Waals surface area contributed by atoms with Gasteiger partial charge in [0.15, 0.2) is 0 Å². The molecule has 1 amide bonds. The Balaban J connectivity index is 1.53. The lowest BCUT2D eigenvalue weighted by atomic mass is 9.91. The molecule has 3 aromatic rings. The molecule has 1 unspecified atom stereocenters. The van der Waals surface area contributed by atoms with Gasteiger partial charge in [0.05, 0.1) is 0 Å². The number of carbonyl (C=O) groups is 1. The first-order chi connectivity index (χ1) is 15.8. The van der Waals surface area contributed by atoms with Gasteiger partial charge >= 0.3 is 0 Å². The molecule has 1 atom stereocenters. The number of hydrogen-bond donors (Lipinski definition) is 3. The van der Waals surface area contributed by atoms with Crippen molar-refractivity contribution in [3.05, 3.63) is 77.0 Å². The first-order valence-corrected chi connectivity index (χ1v) is 11.9. The molecule has 5 nitrogen and oxygen atoms in total. The smallest absolute Gasteiger partial charge is 0.267 e. The molecule has 0 fully saturated rings. The molecule has 0 bridgehead atoms. The highest BCUT2D eigenvalue weighted by Crippen LogP contribution is 2.37. The average Bonchev–Trinajstić information content (AvgIpc) is 3.41. The number of aromatic nitrogens is 1. The van der Waals surface area contributed by atoms with Crippen molar-refractivity contribution in [2.45, 2.75) is 52.5 Å². The molecule has 5 heteroatoms. The number of fused-ring (bicyclic) bond motifs is 2.